The molecule has 35 heavy (non-hydrogen) atoms. The number of aromatic nitrogens is 1. The summed E-state index contributed by atoms with van der Waals surface area (Å²) in [5, 5.41) is 3.44. The highest BCUT2D eigenvalue weighted by atomic mass is 16.5. The number of carbonyl (C=O) groups is 3. The largest absolute Gasteiger partial charge is 0.497 e. The molecule has 0 atom stereocenters. The van der Waals surface area contributed by atoms with Crippen molar-refractivity contribution in [3.05, 3.63) is 89.5 Å². The second-order valence-electron chi connectivity index (χ2n) is 8.22. The fourth-order valence-electron chi connectivity index (χ4n) is 4.10. The molecule has 1 N–H and O–H groups in total. The van der Waals surface area contributed by atoms with Gasteiger partial charge in [0.2, 0.25) is 5.91 Å². The summed E-state index contributed by atoms with van der Waals surface area (Å²) < 4.78 is 10.7. The highest BCUT2D eigenvalue weighted by Crippen LogP contribution is 2.27. The molecule has 0 fully saturated rings. The van der Waals surface area contributed by atoms with E-state index in [0.29, 0.717) is 46.3 Å². The van der Waals surface area contributed by atoms with Gasteiger partial charge in [0, 0.05) is 28.6 Å². The number of hydrogen-bond donors (Lipinski definition) is 1. The Morgan fingerprint density at radius 3 is 2.57 bits per heavy atom. The third kappa shape index (κ3) is 4.61. The van der Waals surface area contributed by atoms with Crippen LogP contribution in [0.25, 0.3) is 22.2 Å². The zero-order chi connectivity index (χ0) is 24.4. The normalized spacial score (nSPS) is 12.5. The first-order valence-electron chi connectivity index (χ1n) is 11.2. The van der Waals surface area contributed by atoms with Gasteiger partial charge in [-0.25, -0.2) is 9.78 Å². The van der Waals surface area contributed by atoms with Gasteiger partial charge in [-0.05, 0) is 66.6 Å². The first-order chi connectivity index (χ1) is 17.0. The van der Waals surface area contributed by atoms with Crippen LogP contribution < -0.4 is 10.1 Å². The maximum Gasteiger partial charge on any atom is 0.339 e. The average Bonchev–Trinajstić information content (AvgIpc) is 2.90. The third-order valence-corrected chi connectivity index (χ3v) is 5.98. The number of nitrogens with zero attached hydrogens (tertiary/aromatic N) is 1. The van der Waals surface area contributed by atoms with Crippen molar-refractivity contribution < 1.29 is 23.9 Å². The minimum absolute atomic E-state index is 0.0379. The maximum absolute atomic E-state index is 13.1. The van der Waals surface area contributed by atoms with Crippen molar-refractivity contribution in [2.75, 3.05) is 19.0 Å². The van der Waals surface area contributed by atoms with Crippen LogP contribution in [-0.2, 0) is 16.0 Å². The number of pyridine rings is 1. The van der Waals surface area contributed by atoms with E-state index in [9.17, 15) is 14.4 Å². The first-order valence-corrected chi connectivity index (χ1v) is 11.2. The number of aryl methyl sites for hydroxylation is 1. The summed E-state index contributed by atoms with van der Waals surface area (Å²) in [5.41, 5.74) is 4.46. The molecule has 2 heterocycles. The number of anilines is 1. The summed E-state index contributed by atoms with van der Waals surface area (Å²) in [5.74, 6) is -0.231. The Labute approximate surface area is 201 Å². The third-order valence-electron chi connectivity index (χ3n) is 5.98. The van der Waals surface area contributed by atoms with Crippen molar-refractivity contribution in [3.8, 4) is 17.0 Å². The number of amides is 1. The lowest BCUT2D eigenvalue weighted by Gasteiger charge is -2.17. The molecule has 0 radical (unpaired) electrons. The Bertz CT molecular complexity index is 1460. The molecule has 0 saturated carbocycles. The topological polar surface area (TPSA) is 94.6 Å². The highest BCUT2D eigenvalue weighted by Gasteiger charge is 2.19. The fourth-order valence-corrected chi connectivity index (χ4v) is 4.10. The number of ether oxygens (including phenoxy) is 2. The van der Waals surface area contributed by atoms with Crippen molar-refractivity contribution in [1.29, 1.82) is 0 Å². The van der Waals surface area contributed by atoms with Gasteiger partial charge >= 0.3 is 5.97 Å². The lowest BCUT2D eigenvalue weighted by Crippen LogP contribution is -2.20. The van der Waals surface area contributed by atoms with Gasteiger partial charge in [0.15, 0.2) is 12.4 Å². The molecule has 1 aromatic heterocycles. The molecule has 0 spiro atoms. The Morgan fingerprint density at radius 2 is 1.77 bits per heavy atom. The molecule has 174 valence electrons. The summed E-state index contributed by atoms with van der Waals surface area (Å²) in [4.78, 5) is 42.1. The number of rotatable bonds is 6. The second kappa shape index (κ2) is 9.38. The van der Waals surface area contributed by atoms with Crippen LogP contribution in [0.1, 0.15) is 32.7 Å². The number of hydrogen-bond acceptors (Lipinski definition) is 6. The van der Waals surface area contributed by atoms with Gasteiger partial charge in [0.05, 0.1) is 23.9 Å². The number of esters is 1. The number of para-hydroxylation sites is 1. The molecule has 4 aromatic rings. The molecule has 7 heteroatoms. The van der Waals surface area contributed by atoms with E-state index in [2.05, 4.69) is 10.3 Å². The number of carbonyl (C=O) groups excluding carboxylic acids is 3. The number of benzene rings is 3. The molecule has 0 unspecified atom stereocenters. The lowest BCUT2D eigenvalue weighted by molar-refractivity contribution is -0.116. The second-order valence-corrected chi connectivity index (χ2v) is 8.22. The van der Waals surface area contributed by atoms with Gasteiger partial charge in [0.25, 0.3) is 0 Å². The molecule has 0 aliphatic carbocycles. The molecular formula is C28H22N2O5. The summed E-state index contributed by atoms with van der Waals surface area (Å²) in [6.45, 7) is -0.390. The lowest BCUT2D eigenvalue weighted by atomic mass is 9.99. The molecule has 0 saturated heterocycles. The van der Waals surface area contributed by atoms with Crippen LogP contribution in [0, 0.1) is 0 Å². The minimum atomic E-state index is -0.600. The molecule has 1 amide bonds. The summed E-state index contributed by atoms with van der Waals surface area (Å²) in [6, 6.07) is 21.5. The smallest absolute Gasteiger partial charge is 0.339 e. The van der Waals surface area contributed by atoms with E-state index in [1.807, 2.05) is 42.5 Å². The summed E-state index contributed by atoms with van der Waals surface area (Å²) >= 11 is 0. The van der Waals surface area contributed by atoms with Gasteiger partial charge in [-0.2, -0.15) is 0 Å². The van der Waals surface area contributed by atoms with E-state index < -0.39 is 12.6 Å². The Balaban J connectivity index is 1.38. The SMILES string of the molecule is COc1ccc(-c2cc(C(=O)OCC(=O)c3ccc4c(c3)CCC(=O)N4)c3ccccc3n2)cc1. The van der Waals surface area contributed by atoms with Crippen molar-refractivity contribution >= 4 is 34.3 Å². The predicted octanol–water partition coefficient (Wildman–Crippen LogP) is 4.83. The number of nitrogens with one attached hydrogen (secondary N) is 1. The van der Waals surface area contributed by atoms with E-state index in [1.54, 1.807) is 37.4 Å². The summed E-state index contributed by atoms with van der Waals surface area (Å²) in [6.07, 6.45) is 0.949. The first kappa shape index (κ1) is 22.3. The highest BCUT2D eigenvalue weighted by molar-refractivity contribution is 6.06. The van der Waals surface area contributed by atoms with E-state index in [0.717, 1.165) is 16.9 Å². The molecular weight excluding hydrogens is 444 g/mol. The van der Waals surface area contributed by atoms with Gasteiger partial charge in [-0.1, -0.05) is 18.2 Å². The van der Waals surface area contributed by atoms with Gasteiger partial charge in [-0.3, -0.25) is 9.59 Å². The molecule has 1 aliphatic rings. The average molecular weight is 466 g/mol. The van der Waals surface area contributed by atoms with Gasteiger partial charge in [0.1, 0.15) is 5.75 Å². The monoisotopic (exact) mass is 466 g/mol. The van der Waals surface area contributed by atoms with Crippen molar-refractivity contribution in [3.63, 3.8) is 0 Å². The van der Waals surface area contributed by atoms with Gasteiger partial charge in [-0.15, -0.1) is 0 Å². The van der Waals surface area contributed by atoms with E-state index in [1.165, 1.54) is 0 Å². The molecule has 5 rings (SSSR count). The van der Waals surface area contributed by atoms with E-state index >= 15 is 0 Å². The fraction of sp³-hybridized carbons (Fsp3) is 0.143. The van der Waals surface area contributed by atoms with Crippen LogP contribution >= 0.6 is 0 Å². The quantitative estimate of drug-likeness (QED) is 0.323. The van der Waals surface area contributed by atoms with Crippen molar-refractivity contribution in [1.82, 2.24) is 4.98 Å². The number of fused-ring (bicyclic) bond motifs is 2. The van der Waals surface area contributed by atoms with Crippen LogP contribution in [0.15, 0.2) is 72.8 Å². The van der Waals surface area contributed by atoms with Crippen LogP contribution in [0.3, 0.4) is 0 Å². The number of ketones is 1. The van der Waals surface area contributed by atoms with Crippen molar-refractivity contribution in [2.45, 2.75) is 12.8 Å². The molecule has 3 aromatic carbocycles. The number of Topliss-reactive ketones (excluding diaryl/α,β-unsaturated/α-hetero) is 1. The van der Waals surface area contributed by atoms with E-state index in [4.69, 9.17) is 9.47 Å². The van der Waals surface area contributed by atoms with E-state index in [-0.39, 0.29) is 11.7 Å². The maximum atomic E-state index is 13.1. The number of methoxy groups -OCH3 is 1. The predicted molar refractivity (Wildman–Crippen MR) is 132 cm³/mol. The van der Waals surface area contributed by atoms with Crippen molar-refractivity contribution in [2.24, 2.45) is 0 Å². The molecule has 0 bridgehead atoms. The van der Waals surface area contributed by atoms with Crippen LogP contribution in [0.4, 0.5) is 5.69 Å². The van der Waals surface area contributed by atoms with Crippen LogP contribution in [0.2, 0.25) is 0 Å². The van der Waals surface area contributed by atoms with Crippen LogP contribution in [0.5, 0.6) is 5.75 Å². The Hall–Kier alpha value is -4.52. The zero-order valence-corrected chi connectivity index (χ0v) is 19.0. The minimum Gasteiger partial charge on any atom is -0.497 e. The Kier molecular flexibility index (Phi) is 5.97. The standard InChI is InChI=1S/C28H22N2O5/c1-34-20-10-6-17(7-11-20)25-15-22(21-4-2-3-5-24(21)29-25)28(33)35-16-26(31)19-8-12-23-18(14-19)9-13-27(32)30-23/h2-8,10-12,14-15H,9,13,16H2,1H3,(H,30,32). The Morgan fingerprint density at radius 1 is 0.971 bits per heavy atom. The summed E-state index contributed by atoms with van der Waals surface area (Å²) in [7, 11) is 1.60. The zero-order valence-electron chi connectivity index (χ0n) is 19.0. The molecule has 1 aliphatic heterocycles. The molecule has 7 nitrogen and oxygen atoms in total. The van der Waals surface area contributed by atoms with Gasteiger partial charge < -0.3 is 14.8 Å². The van der Waals surface area contributed by atoms with Crippen LogP contribution in [-0.4, -0.2) is 36.4 Å².